The van der Waals surface area contributed by atoms with E-state index in [4.69, 9.17) is 21.4 Å². The third-order valence-corrected chi connectivity index (χ3v) is 3.87. The first-order valence-electron chi connectivity index (χ1n) is 6.44. The van der Waals surface area contributed by atoms with E-state index in [2.05, 4.69) is 5.32 Å². The van der Waals surface area contributed by atoms with Crippen LogP contribution in [-0.2, 0) is 9.53 Å². The number of methoxy groups -OCH3 is 1. The summed E-state index contributed by atoms with van der Waals surface area (Å²) in [5.41, 5.74) is 0.426. The van der Waals surface area contributed by atoms with E-state index in [-0.39, 0.29) is 13.0 Å². The maximum Gasteiger partial charge on any atom is 0.326 e. The van der Waals surface area contributed by atoms with Crippen molar-refractivity contribution in [1.29, 1.82) is 0 Å². The molecule has 1 aromatic carbocycles. The summed E-state index contributed by atoms with van der Waals surface area (Å²) in [4.78, 5) is 24.1. The molecule has 1 atom stereocenters. The van der Waals surface area contributed by atoms with Gasteiger partial charge in [0.15, 0.2) is 0 Å². The molecule has 0 saturated heterocycles. The molecule has 1 aromatic rings. The zero-order chi connectivity index (χ0) is 15.8. The van der Waals surface area contributed by atoms with E-state index in [0.29, 0.717) is 10.6 Å². The summed E-state index contributed by atoms with van der Waals surface area (Å²) in [6.45, 7) is 2.22. The minimum atomic E-state index is -1.08. The van der Waals surface area contributed by atoms with Crippen LogP contribution in [0, 0.1) is 0 Å². The van der Waals surface area contributed by atoms with Crippen molar-refractivity contribution in [1.82, 2.24) is 5.32 Å². The van der Waals surface area contributed by atoms with Gasteiger partial charge in [-0.1, -0.05) is 18.5 Å². The van der Waals surface area contributed by atoms with Crippen molar-refractivity contribution in [3.63, 3.8) is 0 Å². The Bertz CT molecular complexity index is 510. The Morgan fingerprint density at radius 1 is 1.48 bits per heavy atom. The van der Waals surface area contributed by atoms with Crippen molar-refractivity contribution < 1.29 is 19.4 Å². The molecule has 0 aliphatic heterocycles. The van der Waals surface area contributed by atoms with Gasteiger partial charge < -0.3 is 15.2 Å². The highest BCUT2D eigenvalue weighted by Crippen LogP contribution is 2.26. The van der Waals surface area contributed by atoms with E-state index in [9.17, 15) is 9.59 Å². The average Bonchev–Trinajstić information content (AvgIpc) is 2.43. The molecule has 0 saturated carbocycles. The molecular weight excluding hydrogens is 314 g/mol. The summed E-state index contributed by atoms with van der Waals surface area (Å²) in [7, 11) is 1.48. The van der Waals surface area contributed by atoms with Crippen LogP contribution in [0.3, 0.4) is 0 Å². The summed E-state index contributed by atoms with van der Waals surface area (Å²) >= 11 is 7.41. The summed E-state index contributed by atoms with van der Waals surface area (Å²) in [5, 5.41) is 12.2. The normalized spacial score (nSPS) is 12.0. The van der Waals surface area contributed by atoms with Crippen LogP contribution in [0.2, 0.25) is 5.02 Å². The fourth-order valence-electron chi connectivity index (χ4n) is 1.69. The number of carbonyl (C=O) groups is 2. The molecule has 1 amide bonds. The highest BCUT2D eigenvalue weighted by molar-refractivity contribution is 7.99. The monoisotopic (exact) mass is 331 g/mol. The Morgan fingerprint density at radius 2 is 2.19 bits per heavy atom. The number of hydrogen-bond acceptors (Lipinski definition) is 4. The number of rotatable bonds is 8. The van der Waals surface area contributed by atoms with Gasteiger partial charge in [0.05, 0.1) is 5.56 Å². The molecule has 2 N–H and O–H groups in total. The molecule has 1 unspecified atom stereocenters. The third-order valence-electron chi connectivity index (χ3n) is 2.70. The van der Waals surface area contributed by atoms with Crippen molar-refractivity contribution >= 4 is 35.2 Å². The molecule has 0 aromatic heterocycles. The number of nitrogens with one attached hydrogen (secondary N) is 1. The fourth-order valence-corrected chi connectivity index (χ4v) is 2.76. The van der Waals surface area contributed by atoms with Crippen LogP contribution < -0.4 is 5.32 Å². The molecule has 1 rings (SSSR count). The van der Waals surface area contributed by atoms with Gasteiger partial charge >= 0.3 is 5.97 Å². The van der Waals surface area contributed by atoms with Gasteiger partial charge in [-0.3, -0.25) is 4.79 Å². The number of aliphatic carboxylic acids is 1. The highest BCUT2D eigenvalue weighted by atomic mass is 35.5. The third kappa shape index (κ3) is 5.57. The van der Waals surface area contributed by atoms with E-state index in [1.165, 1.54) is 18.9 Å². The van der Waals surface area contributed by atoms with Crippen molar-refractivity contribution in [3.05, 3.63) is 28.8 Å². The first-order valence-corrected chi connectivity index (χ1v) is 7.80. The number of carbonyl (C=O) groups excluding carboxylic acids is 1. The van der Waals surface area contributed by atoms with Crippen LogP contribution in [0.4, 0.5) is 0 Å². The molecule has 0 aliphatic rings. The lowest BCUT2D eigenvalue weighted by Gasteiger charge is -2.15. The minimum absolute atomic E-state index is 0.210. The molecule has 5 nitrogen and oxygen atoms in total. The molecular formula is C14H18ClNO4S. The van der Waals surface area contributed by atoms with Gasteiger partial charge in [-0.25, -0.2) is 4.79 Å². The second-order valence-corrected chi connectivity index (χ2v) is 5.96. The van der Waals surface area contributed by atoms with Gasteiger partial charge in [0.2, 0.25) is 0 Å². The molecule has 0 heterocycles. The molecule has 116 valence electrons. The first-order chi connectivity index (χ1) is 9.99. The van der Waals surface area contributed by atoms with Crippen molar-refractivity contribution in [2.75, 3.05) is 19.5 Å². The lowest BCUT2D eigenvalue weighted by Crippen LogP contribution is -2.41. The maximum atomic E-state index is 12.3. The van der Waals surface area contributed by atoms with Gasteiger partial charge in [-0.05, 0) is 24.0 Å². The zero-order valence-corrected chi connectivity index (χ0v) is 13.5. The summed E-state index contributed by atoms with van der Waals surface area (Å²) in [5.74, 6) is -0.725. The lowest BCUT2D eigenvalue weighted by atomic mass is 10.1. The van der Waals surface area contributed by atoms with E-state index in [1.807, 2.05) is 6.92 Å². The smallest absolute Gasteiger partial charge is 0.326 e. The Balaban J connectivity index is 2.89. The Hall–Kier alpha value is -1.24. The number of benzene rings is 1. The van der Waals surface area contributed by atoms with Crippen LogP contribution in [-0.4, -0.2) is 42.5 Å². The van der Waals surface area contributed by atoms with Crippen LogP contribution in [0.15, 0.2) is 23.1 Å². The number of amides is 1. The van der Waals surface area contributed by atoms with Gasteiger partial charge in [0, 0.05) is 30.1 Å². The molecule has 0 aliphatic carbocycles. The van der Waals surface area contributed by atoms with Gasteiger partial charge in [0.25, 0.3) is 5.91 Å². The quantitative estimate of drug-likeness (QED) is 0.716. The van der Waals surface area contributed by atoms with E-state index >= 15 is 0 Å². The van der Waals surface area contributed by atoms with Crippen LogP contribution in [0.1, 0.15) is 23.7 Å². The van der Waals surface area contributed by atoms with E-state index < -0.39 is 17.9 Å². The van der Waals surface area contributed by atoms with E-state index in [0.717, 1.165) is 10.6 Å². The van der Waals surface area contributed by atoms with E-state index in [1.54, 1.807) is 18.2 Å². The maximum absolute atomic E-state index is 12.3. The molecule has 0 radical (unpaired) electrons. The topological polar surface area (TPSA) is 75.6 Å². The highest BCUT2D eigenvalue weighted by Gasteiger charge is 2.21. The summed E-state index contributed by atoms with van der Waals surface area (Å²) < 4.78 is 4.85. The van der Waals surface area contributed by atoms with Gasteiger partial charge in [-0.15, -0.1) is 11.8 Å². The average molecular weight is 332 g/mol. The molecule has 0 bridgehead atoms. The van der Waals surface area contributed by atoms with Crippen LogP contribution in [0.5, 0.6) is 0 Å². The number of thioether (sulfide) groups is 1. The van der Waals surface area contributed by atoms with Crippen molar-refractivity contribution in [3.8, 4) is 0 Å². The summed E-state index contributed by atoms with van der Waals surface area (Å²) in [6, 6.07) is 3.94. The Labute approximate surface area is 133 Å². The van der Waals surface area contributed by atoms with Crippen molar-refractivity contribution in [2.24, 2.45) is 0 Å². The SMILES string of the molecule is CCSc1cc(Cl)ccc1C(=O)NC(CCOC)C(=O)O. The number of carboxylic acids is 1. The number of carboxylic acid groups (broad SMARTS) is 1. The number of ether oxygens (including phenoxy) is 1. The van der Waals surface area contributed by atoms with Gasteiger partial charge in [0.1, 0.15) is 6.04 Å². The van der Waals surface area contributed by atoms with Crippen LogP contribution in [0.25, 0.3) is 0 Å². The predicted molar refractivity (Wildman–Crippen MR) is 83.2 cm³/mol. The van der Waals surface area contributed by atoms with Gasteiger partial charge in [-0.2, -0.15) is 0 Å². The Morgan fingerprint density at radius 3 is 2.76 bits per heavy atom. The van der Waals surface area contributed by atoms with Crippen molar-refractivity contribution in [2.45, 2.75) is 24.3 Å². The largest absolute Gasteiger partial charge is 0.480 e. The zero-order valence-electron chi connectivity index (χ0n) is 11.9. The molecule has 7 heteroatoms. The first kappa shape index (κ1) is 17.8. The second-order valence-electron chi connectivity index (χ2n) is 4.22. The number of hydrogen-bond donors (Lipinski definition) is 2. The fraction of sp³-hybridized carbons (Fsp3) is 0.429. The molecule has 0 spiro atoms. The summed E-state index contributed by atoms with van der Waals surface area (Å²) in [6.07, 6.45) is 0.210. The molecule has 21 heavy (non-hydrogen) atoms. The Kier molecular flexibility index (Phi) is 7.56. The van der Waals surface area contributed by atoms with Crippen LogP contribution >= 0.6 is 23.4 Å². The minimum Gasteiger partial charge on any atom is -0.480 e. The predicted octanol–water partition coefficient (Wildman–Crippen LogP) is 2.67. The number of halogens is 1. The second kappa shape index (κ2) is 8.92. The molecule has 0 fully saturated rings. The lowest BCUT2D eigenvalue weighted by molar-refractivity contribution is -0.139. The standard InChI is InChI=1S/C14H18ClNO4S/c1-3-21-12-8-9(15)4-5-10(12)13(17)16-11(14(18)19)6-7-20-2/h4-5,8,11H,3,6-7H2,1-2H3,(H,16,17)(H,18,19).